The molecule has 0 N–H and O–H groups in total. The molecule has 0 saturated carbocycles. The summed E-state index contributed by atoms with van der Waals surface area (Å²) >= 11 is 1.40. The monoisotopic (exact) mass is 233 g/mol. The molecule has 16 heavy (non-hydrogen) atoms. The van der Waals surface area contributed by atoms with E-state index in [9.17, 15) is 4.79 Å². The van der Waals surface area contributed by atoms with Crippen molar-refractivity contribution in [3.05, 3.63) is 36.5 Å². The van der Waals surface area contributed by atoms with Gasteiger partial charge in [0.1, 0.15) is 5.03 Å². The van der Waals surface area contributed by atoms with Gasteiger partial charge in [-0.15, -0.1) is 0 Å². The highest BCUT2D eigenvalue weighted by Crippen LogP contribution is 2.25. The number of nitrogens with zero attached hydrogens (tertiary/aromatic N) is 1. The predicted octanol–water partition coefficient (Wildman–Crippen LogP) is 2.50. The van der Waals surface area contributed by atoms with Crippen LogP contribution in [0.2, 0.25) is 0 Å². The molecule has 0 amide bonds. The molecule has 4 heteroatoms. The number of methoxy groups -OCH3 is 1. The summed E-state index contributed by atoms with van der Waals surface area (Å²) in [5, 5.41) is 3.06. The Balaban J connectivity index is 2.27. The first-order valence-electron chi connectivity index (χ1n) is 4.84. The fourth-order valence-electron chi connectivity index (χ4n) is 1.39. The molecule has 1 heterocycles. The minimum atomic E-state index is -0.236. The highest BCUT2D eigenvalue weighted by Gasteiger charge is 2.06. The number of carbonyl (C=O) groups excluding carboxylic acids is 1. The minimum Gasteiger partial charge on any atom is -0.468 e. The second-order valence-electron chi connectivity index (χ2n) is 3.20. The summed E-state index contributed by atoms with van der Waals surface area (Å²) in [6.07, 6.45) is 1.75. The number of pyridine rings is 1. The van der Waals surface area contributed by atoms with Gasteiger partial charge >= 0.3 is 5.97 Å². The van der Waals surface area contributed by atoms with Crippen LogP contribution in [0.5, 0.6) is 0 Å². The van der Waals surface area contributed by atoms with Crippen LogP contribution in [0.25, 0.3) is 10.8 Å². The number of benzene rings is 1. The Morgan fingerprint density at radius 2 is 2.19 bits per heavy atom. The van der Waals surface area contributed by atoms with Gasteiger partial charge in [-0.2, -0.15) is 0 Å². The molecule has 0 aliphatic carbocycles. The molecule has 0 aliphatic heterocycles. The van der Waals surface area contributed by atoms with E-state index in [0.717, 1.165) is 15.8 Å². The molecule has 0 atom stereocenters. The molecule has 0 fully saturated rings. The molecular formula is C12H11NO2S. The zero-order valence-electron chi connectivity index (χ0n) is 8.84. The maximum atomic E-state index is 11.1. The first kappa shape index (κ1) is 11.0. The van der Waals surface area contributed by atoms with Crippen LogP contribution < -0.4 is 0 Å². The van der Waals surface area contributed by atoms with Gasteiger partial charge < -0.3 is 4.74 Å². The summed E-state index contributed by atoms with van der Waals surface area (Å²) in [6.45, 7) is 0. The maximum Gasteiger partial charge on any atom is 0.316 e. The standard InChI is InChI=1S/C12H11NO2S/c1-15-11(14)8-16-12-10-5-3-2-4-9(10)6-7-13-12/h2-7H,8H2,1H3. The summed E-state index contributed by atoms with van der Waals surface area (Å²) in [4.78, 5) is 15.3. The van der Waals surface area contributed by atoms with Gasteiger partial charge in [-0.05, 0) is 11.5 Å². The first-order valence-corrected chi connectivity index (χ1v) is 5.83. The van der Waals surface area contributed by atoms with Gasteiger partial charge in [-0.25, -0.2) is 4.98 Å². The highest BCUT2D eigenvalue weighted by molar-refractivity contribution is 8.00. The Bertz CT molecular complexity index is 508. The Hall–Kier alpha value is -1.55. The summed E-state index contributed by atoms with van der Waals surface area (Å²) in [7, 11) is 1.39. The third-order valence-electron chi connectivity index (χ3n) is 2.19. The number of hydrogen-bond acceptors (Lipinski definition) is 4. The summed E-state index contributed by atoms with van der Waals surface area (Å²) in [5.74, 6) is 0.0528. The largest absolute Gasteiger partial charge is 0.468 e. The molecule has 0 saturated heterocycles. The number of hydrogen-bond donors (Lipinski definition) is 0. The van der Waals surface area contributed by atoms with E-state index in [1.807, 2.05) is 30.3 Å². The van der Waals surface area contributed by atoms with E-state index in [2.05, 4.69) is 9.72 Å². The van der Waals surface area contributed by atoms with E-state index in [4.69, 9.17) is 0 Å². The van der Waals surface area contributed by atoms with E-state index >= 15 is 0 Å². The molecule has 0 unspecified atom stereocenters. The van der Waals surface area contributed by atoms with Crippen molar-refractivity contribution in [1.29, 1.82) is 0 Å². The molecule has 2 rings (SSSR count). The number of ether oxygens (including phenoxy) is 1. The fraction of sp³-hybridized carbons (Fsp3) is 0.167. The van der Waals surface area contributed by atoms with Crippen molar-refractivity contribution >= 4 is 28.5 Å². The molecule has 1 aromatic carbocycles. The lowest BCUT2D eigenvalue weighted by Crippen LogP contribution is -2.03. The van der Waals surface area contributed by atoms with E-state index in [1.54, 1.807) is 6.20 Å². The van der Waals surface area contributed by atoms with Crippen LogP contribution in [-0.2, 0) is 9.53 Å². The lowest BCUT2D eigenvalue weighted by Gasteiger charge is -2.03. The molecule has 3 nitrogen and oxygen atoms in total. The number of esters is 1. The van der Waals surface area contributed by atoms with Gasteiger partial charge in [0.05, 0.1) is 12.9 Å². The second kappa shape index (κ2) is 4.99. The normalized spacial score (nSPS) is 10.3. The van der Waals surface area contributed by atoms with Gasteiger partial charge in [-0.1, -0.05) is 36.0 Å². The summed E-state index contributed by atoms with van der Waals surface area (Å²) < 4.78 is 4.60. The summed E-state index contributed by atoms with van der Waals surface area (Å²) in [6, 6.07) is 9.93. The van der Waals surface area contributed by atoms with E-state index in [1.165, 1.54) is 18.9 Å². The number of carbonyl (C=O) groups is 1. The van der Waals surface area contributed by atoms with Crippen molar-refractivity contribution in [2.75, 3.05) is 12.9 Å². The Morgan fingerprint density at radius 3 is 3.00 bits per heavy atom. The SMILES string of the molecule is COC(=O)CSc1nccc2ccccc12. The van der Waals surface area contributed by atoms with Crippen molar-refractivity contribution in [1.82, 2.24) is 4.98 Å². The van der Waals surface area contributed by atoms with Crippen molar-refractivity contribution in [2.24, 2.45) is 0 Å². The topological polar surface area (TPSA) is 39.2 Å². The number of fused-ring (bicyclic) bond motifs is 1. The van der Waals surface area contributed by atoms with E-state index in [0.29, 0.717) is 0 Å². The first-order chi connectivity index (χ1) is 7.81. The molecule has 0 bridgehead atoms. The van der Waals surface area contributed by atoms with Gasteiger partial charge in [0.15, 0.2) is 0 Å². The van der Waals surface area contributed by atoms with E-state index < -0.39 is 0 Å². The molecular weight excluding hydrogens is 222 g/mol. The predicted molar refractivity (Wildman–Crippen MR) is 64.5 cm³/mol. The van der Waals surface area contributed by atoms with Crippen molar-refractivity contribution in [2.45, 2.75) is 5.03 Å². The number of thioether (sulfide) groups is 1. The minimum absolute atomic E-state index is 0.236. The lowest BCUT2D eigenvalue weighted by molar-refractivity contribution is -0.137. The average molecular weight is 233 g/mol. The van der Waals surface area contributed by atoms with Crippen molar-refractivity contribution < 1.29 is 9.53 Å². The van der Waals surface area contributed by atoms with E-state index in [-0.39, 0.29) is 11.7 Å². The lowest BCUT2D eigenvalue weighted by atomic mass is 10.2. The van der Waals surface area contributed by atoms with Crippen LogP contribution in [0.4, 0.5) is 0 Å². The smallest absolute Gasteiger partial charge is 0.316 e. The molecule has 1 aromatic heterocycles. The average Bonchev–Trinajstić information content (AvgIpc) is 2.35. The van der Waals surface area contributed by atoms with Crippen LogP contribution in [0.15, 0.2) is 41.6 Å². The quantitative estimate of drug-likeness (QED) is 0.603. The molecule has 0 aliphatic rings. The van der Waals surface area contributed by atoms with Crippen molar-refractivity contribution in [3.63, 3.8) is 0 Å². The third-order valence-corrected chi connectivity index (χ3v) is 3.17. The zero-order valence-corrected chi connectivity index (χ0v) is 9.66. The number of rotatable bonds is 3. The van der Waals surface area contributed by atoms with Gasteiger partial charge in [0.25, 0.3) is 0 Å². The highest BCUT2D eigenvalue weighted by atomic mass is 32.2. The van der Waals surface area contributed by atoms with Gasteiger partial charge in [0.2, 0.25) is 0 Å². The van der Waals surface area contributed by atoms with Crippen LogP contribution >= 0.6 is 11.8 Å². The van der Waals surface area contributed by atoms with Crippen LogP contribution in [-0.4, -0.2) is 23.8 Å². The zero-order chi connectivity index (χ0) is 11.4. The van der Waals surface area contributed by atoms with Gasteiger partial charge in [0, 0.05) is 11.6 Å². The second-order valence-corrected chi connectivity index (χ2v) is 4.17. The molecule has 2 aromatic rings. The Morgan fingerprint density at radius 1 is 1.38 bits per heavy atom. The van der Waals surface area contributed by atoms with Crippen LogP contribution in [0, 0.1) is 0 Å². The molecule has 82 valence electrons. The van der Waals surface area contributed by atoms with Crippen molar-refractivity contribution in [3.8, 4) is 0 Å². The number of aromatic nitrogens is 1. The summed E-state index contributed by atoms with van der Waals surface area (Å²) in [5.41, 5.74) is 0. The van der Waals surface area contributed by atoms with Gasteiger partial charge in [-0.3, -0.25) is 4.79 Å². The maximum absolute atomic E-state index is 11.1. The molecule has 0 radical (unpaired) electrons. The van der Waals surface area contributed by atoms with Crippen LogP contribution in [0.3, 0.4) is 0 Å². The Kier molecular flexibility index (Phi) is 3.41. The third kappa shape index (κ3) is 2.33. The molecule has 0 spiro atoms. The Labute approximate surface area is 97.8 Å². The van der Waals surface area contributed by atoms with Crippen LogP contribution in [0.1, 0.15) is 0 Å². The fourth-order valence-corrected chi connectivity index (χ4v) is 2.24.